The van der Waals surface area contributed by atoms with Crippen molar-refractivity contribution < 1.29 is 28.6 Å². The number of aryl methyl sites for hydroxylation is 1. The molecule has 2 aliphatic heterocycles. The van der Waals surface area contributed by atoms with E-state index in [1.807, 2.05) is 0 Å². The minimum atomic E-state index is -1.04. The Morgan fingerprint density at radius 2 is 2.17 bits per heavy atom. The molecule has 0 aliphatic carbocycles. The van der Waals surface area contributed by atoms with Crippen molar-refractivity contribution in [2.45, 2.75) is 25.3 Å². The highest BCUT2D eigenvalue weighted by Crippen LogP contribution is 2.27. The largest absolute Gasteiger partial charge is 0.481 e. The number of anilines is 1. The first-order valence-electron chi connectivity index (χ1n) is 7.68. The Bertz CT molecular complexity index is 706. The minimum absolute atomic E-state index is 0.109. The molecule has 1 unspecified atom stereocenters. The van der Waals surface area contributed by atoms with Gasteiger partial charge in [0.1, 0.15) is 5.82 Å². The number of aliphatic carboxylic acids is 1. The summed E-state index contributed by atoms with van der Waals surface area (Å²) in [5.41, 5.74) is 0.967. The van der Waals surface area contributed by atoms with E-state index in [-0.39, 0.29) is 44.1 Å². The number of amides is 2. The maximum atomic E-state index is 14.4. The first kappa shape index (κ1) is 16.4. The molecule has 1 aromatic carbocycles. The number of fused-ring (bicyclic) bond motifs is 1. The lowest BCUT2D eigenvalue weighted by Gasteiger charge is -2.35. The van der Waals surface area contributed by atoms with Gasteiger partial charge in [0.25, 0.3) is 5.91 Å². The van der Waals surface area contributed by atoms with Crippen LogP contribution in [0.15, 0.2) is 12.1 Å². The minimum Gasteiger partial charge on any atom is -0.481 e. The van der Waals surface area contributed by atoms with Crippen LogP contribution >= 0.6 is 0 Å². The van der Waals surface area contributed by atoms with E-state index >= 15 is 0 Å². The lowest BCUT2D eigenvalue weighted by Crippen LogP contribution is -2.49. The summed E-state index contributed by atoms with van der Waals surface area (Å²) in [6.07, 6.45) is 0.462. The molecule has 24 heavy (non-hydrogen) atoms. The van der Waals surface area contributed by atoms with Crippen molar-refractivity contribution in [3.8, 4) is 0 Å². The predicted molar refractivity (Wildman–Crippen MR) is 81.2 cm³/mol. The molecular formula is C16H17FN2O5. The number of rotatable bonds is 3. The van der Waals surface area contributed by atoms with Gasteiger partial charge in [-0.2, -0.15) is 0 Å². The highest BCUT2D eigenvalue weighted by atomic mass is 19.1. The molecule has 0 bridgehead atoms. The number of hydrogen-bond acceptors (Lipinski definition) is 4. The molecule has 0 spiro atoms. The van der Waals surface area contributed by atoms with E-state index in [9.17, 15) is 18.8 Å². The molecule has 3 rings (SSSR count). The fourth-order valence-electron chi connectivity index (χ4n) is 3.01. The standard InChI is InChI=1S/C16H17FN2O5/c17-12-7-13-9(1-2-14(20)18-13)5-11(12)16(23)19-3-4-24-8-10(19)6-15(21)22/h5,7,10H,1-4,6,8H2,(H,18,20)(H,21,22). The van der Waals surface area contributed by atoms with Crippen LogP contribution in [-0.4, -0.2) is 53.6 Å². The van der Waals surface area contributed by atoms with Crippen molar-refractivity contribution in [3.05, 3.63) is 29.1 Å². The number of nitrogens with one attached hydrogen (secondary N) is 1. The highest BCUT2D eigenvalue weighted by Gasteiger charge is 2.32. The number of benzene rings is 1. The quantitative estimate of drug-likeness (QED) is 0.859. The Kier molecular flexibility index (Phi) is 4.48. The molecule has 128 valence electrons. The number of carbonyl (C=O) groups excluding carboxylic acids is 2. The molecule has 2 aliphatic rings. The van der Waals surface area contributed by atoms with Gasteiger partial charge < -0.3 is 20.1 Å². The van der Waals surface area contributed by atoms with Crippen LogP contribution in [0.5, 0.6) is 0 Å². The third kappa shape index (κ3) is 3.23. The Hall–Kier alpha value is -2.48. The van der Waals surface area contributed by atoms with Crippen molar-refractivity contribution >= 4 is 23.5 Å². The van der Waals surface area contributed by atoms with E-state index in [1.54, 1.807) is 0 Å². The van der Waals surface area contributed by atoms with Crippen LogP contribution in [0, 0.1) is 5.82 Å². The van der Waals surface area contributed by atoms with Gasteiger partial charge in [0.05, 0.1) is 31.2 Å². The van der Waals surface area contributed by atoms with E-state index in [0.29, 0.717) is 17.7 Å². The van der Waals surface area contributed by atoms with Crippen LogP contribution < -0.4 is 5.32 Å². The number of carboxylic acids is 1. The Labute approximate surface area is 137 Å². The van der Waals surface area contributed by atoms with E-state index in [1.165, 1.54) is 11.0 Å². The van der Waals surface area contributed by atoms with Gasteiger partial charge in [-0.25, -0.2) is 4.39 Å². The fraction of sp³-hybridized carbons (Fsp3) is 0.438. The first-order chi connectivity index (χ1) is 11.5. The van der Waals surface area contributed by atoms with Gasteiger partial charge in [0, 0.05) is 18.7 Å². The van der Waals surface area contributed by atoms with Crippen molar-refractivity contribution in [2.75, 3.05) is 25.1 Å². The van der Waals surface area contributed by atoms with Crippen LogP contribution in [0.25, 0.3) is 0 Å². The normalized spacial score (nSPS) is 20.3. The highest BCUT2D eigenvalue weighted by molar-refractivity contribution is 5.98. The number of morpholine rings is 1. The number of carbonyl (C=O) groups is 3. The predicted octanol–water partition coefficient (Wildman–Crippen LogP) is 1.03. The first-order valence-corrected chi connectivity index (χ1v) is 7.68. The summed E-state index contributed by atoms with van der Waals surface area (Å²) in [4.78, 5) is 36.4. The zero-order valence-electron chi connectivity index (χ0n) is 12.9. The summed E-state index contributed by atoms with van der Waals surface area (Å²) in [6.45, 7) is 0.606. The fourth-order valence-corrected chi connectivity index (χ4v) is 3.01. The summed E-state index contributed by atoms with van der Waals surface area (Å²) in [7, 11) is 0. The molecule has 0 radical (unpaired) electrons. The number of hydrogen-bond donors (Lipinski definition) is 2. The molecule has 1 saturated heterocycles. The summed E-state index contributed by atoms with van der Waals surface area (Å²) in [6, 6.07) is 1.96. The van der Waals surface area contributed by atoms with Crippen LogP contribution in [-0.2, 0) is 20.7 Å². The van der Waals surface area contributed by atoms with Gasteiger partial charge in [-0.05, 0) is 24.1 Å². The Balaban J connectivity index is 1.88. The maximum absolute atomic E-state index is 14.4. The molecule has 2 amide bonds. The molecule has 2 N–H and O–H groups in total. The van der Waals surface area contributed by atoms with Gasteiger partial charge in [0.15, 0.2) is 0 Å². The molecule has 0 aromatic heterocycles. The van der Waals surface area contributed by atoms with Crippen molar-refractivity contribution in [3.63, 3.8) is 0 Å². The van der Waals surface area contributed by atoms with E-state index in [4.69, 9.17) is 9.84 Å². The average molecular weight is 336 g/mol. The smallest absolute Gasteiger partial charge is 0.305 e. The number of carboxylic acid groups (broad SMARTS) is 1. The van der Waals surface area contributed by atoms with Crippen molar-refractivity contribution in [2.24, 2.45) is 0 Å². The molecule has 1 fully saturated rings. The Morgan fingerprint density at radius 1 is 1.38 bits per heavy atom. The zero-order chi connectivity index (χ0) is 17.3. The molecule has 0 saturated carbocycles. The second-order valence-corrected chi connectivity index (χ2v) is 5.86. The molecule has 1 atom stereocenters. The van der Waals surface area contributed by atoms with Crippen molar-refractivity contribution in [1.29, 1.82) is 0 Å². The lowest BCUT2D eigenvalue weighted by molar-refractivity contribution is -0.139. The van der Waals surface area contributed by atoms with Gasteiger partial charge in [0.2, 0.25) is 5.91 Å². The summed E-state index contributed by atoms with van der Waals surface area (Å²) >= 11 is 0. The van der Waals surface area contributed by atoms with Gasteiger partial charge in [-0.15, -0.1) is 0 Å². The number of nitrogens with zero attached hydrogens (tertiary/aromatic N) is 1. The number of halogens is 1. The molecule has 1 aromatic rings. The van der Waals surface area contributed by atoms with E-state index in [2.05, 4.69) is 5.32 Å². The summed E-state index contributed by atoms with van der Waals surface area (Å²) < 4.78 is 19.6. The third-order valence-electron chi connectivity index (χ3n) is 4.22. The van der Waals surface area contributed by atoms with Crippen LogP contribution in [0.1, 0.15) is 28.8 Å². The Morgan fingerprint density at radius 3 is 2.92 bits per heavy atom. The van der Waals surface area contributed by atoms with Gasteiger partial charge in [-0.3, -0.25) is 14.4 Å². The molecule has 7 nitrogen and oxygen atoms in total. The van der Waals surface area contributed by atoms with Crippen molar-refractivity contribution in [1.82, 2.24) is 4.90 Å². The molecular weight excluding hydrogens is 319 g/mol. The third-order valence-corrected chi connectivity index (χ3v) is 4.22. The zero-order valence-corrected chi connectivity index (χ0v) is 12.9. The van der Waals surface area contributed by atoms with E-state index < -0.39 is 23.7 Å². The van der Waals surface area contributed by atoms with Crippen LogP contribution in [0.4, 0.5) is 10.1 Å². The van der Waals surface area contributed by atoms with E-state index in [0.717, 1.165) is 6.07 Å². The monoisotopic (exact) mass is 336 g/mol. The maximum Gasteiger partial charge on any atom is 0.305 e. The van der Waals surface area contributed by atoms with Crippen LogP contribution in [0.3, 0.4) is 0 Å². The summed E-state index contributed by atoms with van der Waals surface area (Å²) in [5, 5.41) is 11.5. The number of ether oxygens (including phenoxy) is 1. The average Bonchev–Trinajstić information content (AvgIpc) is 2.53. The molecule has 2 heterocycles. The summed E-state index contributed by atoms with van der Waals surface area (Å²) in [5.74, 6) is -2.52. The lowest BCUT2D eigenvalue weighted by atomic mass is 9.98. The van der Waals surface area contributed by atoms with Crippen LogP contribution in [0.2, 0.25) is 0 Å². The van der Waals surface area contributed by atoms with Gasteiger partial charge >= 0.3 is 5.97 Å². The second kappa shape index (κ2) is 6.56. The second-order valence-electron chi connectivity index (χ2n) is 5.86. The SMILES string of the molecule is O=C(O)CC1COCCN1C(=O)c1cc2c(cc1F)NC(=O)CC2. The van der Waals surface area contributed by atoms with Gasteiger partial charge in [-0.1, -0.05) is 0 Å². The topological polar surface area (TPSA) is 95.9 Å². The molecule has 8 heteroatoms.